The van der Waals surface area contributed by atoms with Crippen molar-refractivity contribution in [3.8, 4) is 0 Å². The molecular formula is C20H19N. The van der Waals surface area contributed by atoms with Gasteiger partial charge < -0.3 is 0 Å². The number of hydrogen-bond donors (Lipinski definition) is 0. The number of pyridine rings is 1. The van der Waals surface area contributed by atoms with Crippen molar-refractivity contribution in [1.82, 2.24) is 4.98 Å². The zero-order valence-corrected chi connectivity index (χ0v) is 12.5. The highest BCUT2D eigenvalue weighted by atomic mass is 14.7. The maximum atomic E-state index is 4.59. The summed E-state index contributed by atoms with van der Waals surface area (Å²) in [5, 5.41) is 0. The van der Waals surface area contributed by atoms with E-state index in [4.69, 9.17) is 0 Å². The summed E-state index contributed by atoms with van der Waals surface area (Å²) >= 11 is 0. The molecule has 0 fully saturated rings. The monoisotopic (exact) mass is 273 g/mol. The van der Waals surface area contributed by atoms with Crippen LogP contribution in [-0.4, -0.2) is 4.98 Å². The molecule has 1 heterocycles. The van der Waals surface area contributed by atoms with Crippen LogP contribution in [0.2, 0.25) is 0 Å². The van der Waals surface area contributed by atoms with Crippen molar-refractivity contribution in [1.29, 1.82) is 0 Å². The van der Waals surface area contributed by atoms with Crippen molar-refractivity contribution in [2.24, 2.45) is 0 Å². The van der Waals surface area contributed by atoms with Crippen LogP contribution in [-0.2, 0) is 0 Å². The fraction of sp³-hybridized carbons (Fsp3) is 0.150. The first kappa shape index (κ1) is 13.6. The Bertz CT molecular complexity index is 686. The Morgan fingerprint density at radius 2 is 1.33 bits per heavy atom. The van der Waals surface area contributed by atoms with Gasteiger partial charge in [0.05, 0.1) is 11.6 Å². The highest BCUT2D eigenvalue weighted by molar-refractivity contribution is 5.42. The van der Waals surface area contributed by atoms with Crippen LogP contribution in [0, 0.1) is 13.8 Å². The average molecular weight is 273 g/mol. The molecule has 1 heteroatoms. The van der Waals surface area contributed by atoms with Gasteiger partial charge >= 0.3 is 0 Å². The van der Waals surface area contributed by atoms with E-state index in [1.807, 2.05) is 12.3 Å². The minimum atomic E-state index is 0.186. The quantitative estimate of drug-likeness (QED) is 0.663. The fourth-order valence-electron chi connectivity index (χ4n) is 2.78. The summed E-state index contributed by atoms with van der Waals surface area (Å²) in [6.45, 7) is 4.27. The van der Waals surface area contributed by atoms with Crippen molar-refractivity contribution in [3.05, 3.63) is 101 Å². The Kier molecular flexibility index (Phi) is 3.83. The van der Waals surface area contributed by atoms with E-state index in [-0.39, 0.29) is 5.92 Å². The predicted octanol–water partition coefficient (Wildman–Crippen LogP) is 4.88. The Morgan fingerprint density at radius 3 is 1.81 bits per heavy atom. The SMILES string of the molecule is Cc1cccc(C(c2cccc(C)c2)c2ccccn2)c1. The van der Waals surface area contributed by atoms with Crippen LogP contribution in [0.1, 0.15) is 33.9 Å². The fourth-order valence-corrected chi connectivity index (χ4v) is 2.78. The van der Waals surface area contributed by atoms with Gasteiger partial charge in [0, 0.05) is 6.20 Å². The maximum absolute atomic E-state index is 4.59. The Labute approximate surface area is 126 Å². The van der Waals surface area contributed by atoms with Gasteiger partial charge in [0.25, 0.3) is 0 Å². The molecule has 0 bridgehead atoms. The second kappa shape index (κ2) is 5.92. The number of aromatic nitrogens is 1. The lowest BCUT2D eigenvalue weighted by molar-refractivity contribution is 0.915. The number of aryl methyl sites for hydroxylation is 2. The van der Waals surface area contributed by atoms with Gasteiger partial charge in [-0.05, 0) is 37.1 Å². The van der Waals surface area contributed by atoms with E-state index in [0.29, 0.717) is 0 Å². The summed E-state index contributed by atoms with van der Waals surface area (Å²) in [7, 11) is 0. The molecule has 3 rings (SSSR count). The Morgan fingerprint density at radius 1 is 0.714 bits per heavy atom. The lowest BCUT2D eigenvalue weighted by atomic mass is 9.87. The third kappa shape index (κ3) is 3.03. The van der Waals surface area contributed by atoms with Crippen LogP contribution in [0.5, 0.6) is 0 Å². The number of nitrogens with zero attached hydrogens (tertiary/aromatic N) is 1. The minimum Gasteiger partial charge on any atom is -0.260 e. The van der Waals surface area contributed by atoms with Gasteiger partial charge in [0.2, 0.25) is 0 Å². The summed E-state index contributed by atoms with van der Waals surface area (Å²) in [6, 6.07) is 23.5. The van der Waals surface area contributed by atoms with E-state index in [0.717, 1.165) is 5.69 Å². The van der Waals surface area contributed by atoms with Gasteiger partial charge in [-0.15, -0.1) is 0 Å². The van der Waals surface area contributed by atoms with Crippen LogP contribution in [0.15, 0.2) is 72.9 Å². The van der Waals surface area contributed by atoms with Gasteiger partial charge in [-0.3, -0.25) is 4.98 Å². The van der Waals surface area contributed by atoms with Crippen molar-refractivity contribution < 1.29 is 0 Å². The van der Waals surface area contributed by atoms with Crippen LogP contribution in [0.3, 0.4) is 0 Å². The van der Waals surface area contributed by atoms with E-state index < -0.39 is 0 Å². The molecule has 21 heavy (non-hydrogen) atoms. The molecule has 0 aliphatic carbocycles. The van der Waals surface area contributed by atoms with Gasteiger partial charge in [0.15, 0.2) is 0 Å². The second-order valence-electron chi connectivity index (χ2n) is 5.52. The molecule has 1 aromatic heterocycles. The normalized spacial score (nSPS) is 10.8. The standard InChI is InChI=1S/C20H19N/c1-15-7-5-9-17(13-15)20(19-11-3-4-12-21-19)18-10-6-8-16(2)14-18/h3-14,20H,1-2H3. The molecule has 0 N–H and O–H groups in total. The van der Waals surface area contributed by atoms with Crippen molar-refractivity contribution in [2.45, 2.75) is 19.8 Å². The van der Waals surface area contributed by atoms with Gasteiger partial charge in [-0.2, -0.15) is 0 Å². The molecule has 0 aliphatic rings. The van der Waals surface area contributed by atoms with Gasteiger partial charge in [0.1, 0.15) is 0 Å². The van der Waals surface area contributed by atoms with E-state index in [9.17, 15) is 0 Å². The summed E-state index contributed by atoms with van der Waals surface area (Å²) in [6.07, 6.45) is 1.87. The van der Waals surface area contributed by atoms with Gasteiger partial charge in [-0.1, -0.05) is 65.7 Å². The zero-order valence-electron chi connectivity index (χ0n) is 12.5. The largest absolute Gasteiger partial charge is 0.260 e. The molecule has 3 aromatic rings. The van der Waals surface area contributed by atoms with E-state index >= 15 is 0 Å². The van der Waals surface area contributed by atoms with E-state index in [2.05, 4.69) is 79.5 Å². The Hall–Kier alpha value is -2.41. The first-order valence-corrected chi connectivity index (χ1v) is 7.28. The molecule has 0 atom stereocenters. The second-order valence-corrected chi connectivity index (χ2v) is 5.52. The topological polar surface area (TPSA) is 12.9 Å². The molecule has 0 aliphatic heterocycles. The summed E-state index contributed by atoms with van der Waals surface area (Å²) < 4.78 is 0. The average Bonchev–Trinajstić information content (AvgIpc) is 2.49. The number of hydrogen-bond acceptors (Lipinski definition) is 1. The Balaban J connectivity index is 2.16. The molecule has 0 amide bonds. The maximum Gasteiger partial charge on any atom is 0.0522 e. The predicted molar refractivity (Wildman–Crippen MR) is 87.5 cm³/mol. The minimum absolute atomic E-state index is 0.186. The van der Waals surface area contributed by atoms with Crippen molar-refractivity contribution in [3.63, 3.8) is 0 Å². The number of rotatable bonds is 3. The third-order valence-electron chi connectivity index (χ3n) is 3.73. The van der Waals surface area contributed by atoms with Crippen LogP contribution in [0.4, 0.5) is 0 Å². The van der Waals surface area contributed by atoms with Crippen molar-refractivity contribution in [2.75, 3.05) is 0 Å². The van der Waals surface area contributed by atoms with Crippen LogP contribution < -0.4 is 0 Å². The first-order chi connectivity index (χ1) is 10.2. The van der Waals surface area contributed by atoms with Crippen molar-refractivity contribution >= 4 is 0 Å². The third-order valence-corrected chi connectivity index (χ3v) is 3.73. The van der Waals surface area contributed by atoms with Crippen LogP contribution in [0.25, 0.3) is 0 Å². The lowest BCUT2D eigenvalue weighted by Gasteiger charge is -2.18. The highest BCUT2D eigenvalue weighted by Crippen LogP contribution is 2.31. The molecule has 104 valence electrons. The molecule has 0 saturated carbocycles. The first-order valence-electron chi connectivity index (χ1n) is 7.28. The number of benzene rings is 2. The zero-order chi connectivity index (χ0) is 14.7. The summed E-state index contributed by atoms with van der Waals surface area (Å²) in [4.78, 5) is 4.59. The molecule has 0 saturated heterocycles. The van der Waals surface area contributed by atoms with Gasteiger partial charge in [-0.25, -0.2) is 0 Å². The molecule has 0 radical (unpaired) electrons. The lowest BCUT2D eigenvalue weighted by Crippen LogP contribution is -2.05. The molecular weight excluding hydrogens is 254 g/mol. The molecule has 2 aromatic carbocycles. The summed E-state index contributed by atoms with van der Waals surface area (Å²) in [5.41, 5.74) is 6.23. The van der Waals surface area contributed by atoms with E-state index in [1.165, 1.54) is 22.3 Å². The molecule has 0 spiro atoms. The summed E-state index contributed by atoms with van der Waals surface area (Å²) in [5.74, 6) is 0.186. The highest BCUT2D eigenvalue weighted by Gasteiger charge is 2.17. The van der Waals surface area contributed by atoms with E-state index in [1.54, 1.807) is 0 Å². The van der Waals surface area contributed by atoms with Crippen LogP contribution >= 0.6 is 0 Å². The molecule has 1 nitrogen and oxygen atoms in total. The smallest absolute Gasteiger partial charge is 0.0522 e. The molecule has 0 unspecified atom stereocenters.